The van der Waals surface area contributed by atoms with Gasteiger partial charge < -0.3 is 15.0 Å². The van der Waals surface area contributed by atoms with Crippen molar-refractivity contribution in [3.63, 3.8) is 0 Å². The van der Waals surface area contributed by atoms with Gasteiger partial charge in [0.25, 0.3) is 0 Å². The van der Waals surface area contributed by atoms with Crippen molar-refractivity contribution in [3.05, 3.63) is 0 Å². The van der Waals surface area contributed by atoms with Gasteiger partial charge in [-0.15, -0.1) is 0 Å². The van der Waals surface area contributed by atoms with Crippen molar-refractivity contribution in [1.82, 2.24) is 10.2 Å². The molecule has 1 unspecified atom stereocenters. The van der Waals surface area contributed by atoms with Crippen LogP contribution in [0.1, 0.15) is 52.4 Å². The summed E-state index contributed by atoms with van der Waals surface area (Å²) in [5.41, 5.74) is 0.282. The fourth-order valence-electron chi connectivity index (χ4n) is 3.01. The number of rotatable bonds is 6. The largest absolute Gasteiger partial charge is 0.375 e. The van der Waals surface area contributed by atoms with Crippen molar-refractivity contribution < 1.29 is 4.74 Å². The molecule has 18 heavy (non-hydrogen) atoms. The normalized spacial score (nSPS) is 26.8. The van der Waals surface area contributed by atoms with Gasteiger partial charge in [-0.05, 0) is 72.5 Å². The molecule has 0 aromatic rings. The second kappa shape index (κ2) is 6.36. The first-order chi connectivity index (χ1) is 8.61. The van der Waals surface area contributed by atoms with Gasteiger partial charge in [-0.3, -0.25) is 0 Å². The Kier molecular flexibility index (Phi) is 5.05. The number of ether oxygens (including phenoxy) is 1. The molecular weight excluding hydrogens is 224 g/mol. The molecule has 1 spiro atoms. The van der Waals surface area contributed by atoms with E-state index in [4.69, 9.17) is 4.74 Å². The van der Waals surface area contributed by atoms with Crippen LogP contribution in [-0.2, 0) is 4.74 Å². The topological polar surface area (TPSA) is 24.5 Å². The molecule has 1 heterocycles. The van der Waals surface area contributed by atoms with E-state index in [1.165, 1.54) is 45.1 Å². The maximum absolute atomic E-state index is 5.96. The molecule has 1 saturated carbocycles. The third kappa shape index (κ3) is 3.69. The highest BCUT2D eigenvalue weighted by Crippen LogP contribution is 2.42. The molecule has 1 saturated heterocycles. The van der Waals surface area contributed by atoms with Gasteiger partial charge >= 0.3 is 0 Å². The Labute approximate surface area is 112 Å². The monoisotopic (exact) mass is 254 g/mol. The van der Waals surface area contributed by atoms with E-state index < -0.39 is 0 Å². The van der Waals surface area contributed by atoms with Crippen LogP contribution in [-0.4, -0.2) is 49.3 Å². The van der Waals surface area contributed by atoms with Crippen LogP contribution >= 0.6 is 0 Å². The molecule has 0 aromatic carbocycles. The summed E-state index contributed by atoms with van der Waals surface area (Å²) in [7, 11) is 2.21. The highest BCUT2D eigenvalue weighted by molar-refractivity contribution is 4.95. The summed E-state index contributed by atoms with van der Waals surface area (Å²) in [6.45, 7) is 7.82. The van der Waals surface area contributed by atoms with Gasteiger partial charge in [-0.25, -0.2) is 0 Å². The Balaban J connectivity index is 1.59. The standard InChI is InChI=1S/C15H30N2O/c1-13(2)17(3)10-5-9-16-14-6-11-18-15(12-14)7-4-8-15/h13-14,16H,4-12H2,1-3H3. The quantitative estimate of drug-likeness (QED) is 0.737. The molecule has 1 aliphatic heterocycles. The summed E-state index contributed by atoms with van der Waals surface area (Å²) in [6.07, 6.45) is 7.64. The van der Waals surface area contributed by atoms with Crippen molar-refractivity contribution >= 4 is 0 Å². The van der Waals surface area contributed by atoms with Gasteiger partial charge in [-0.1, -0.05) is 0 Å². The highest BCUT2D eigenvalue weighted by Gasteiger charge is 2.42. The van der Waals surface area contributed by atoms with Gasteiger partial charge in [0.2, 0.25) is 0 Å². The van der Waals surface area contributed by atoms with E-state index in [-0.39, 0.29) is 5.60 Å². The summed E-state index contributed by atoms with van der Waals surface area (Å²) >= 11 is 0. The number of nitrogens with one attached hydrogen (secondary N) is 1. The van der Waals surface area contributed by atoms with Crippen molar-refractivity contribution in [2.75, 3.05) is 26.7 Å². The molecule has 106 valence electrons. The molecule has 0 amide bonds. The van der Waals surface area contributed by atoms with E-state index in [0.29, 0.717) is 12.1 Å². The van der Waals surface area contributed by atoms with E-state index in [0.717, 1.165) is 13.2 Å². The van der Waals surface area contributed by atoms with Gasteiger partial charge in [-0.2, -0.15) is 0 Å². The van der Waals surface area contributed by atoms with Gasteiger partial charge in [0.15, 0.2) is 0 Å². The molecule has 1 N–H and O–H groups in total. The third-order valence-electron chi connectivity index (χ3n) is 4.76. The van der Waals surface area contributed by atoms with Crippen molar-refractivity contribution in [2.45, 2.75) is 70.1 Å². The molecule has 1 aliphatic carbocycles. The van der Waals surface area contributed by atoms with Crippen LogP contribution in [0, 0.1) is 0 Å². The van der Waals surface area contributed by atoms with Crippen LogP contribution in [0.15, 0.2) is 0 Å². The Morgan fingerprint density at radius 1 is 1.39 bits per heavy atom. The Morgan fingerprint density at radius 2 is 2.17 bits per heavy atom. The van der Waals surface area contributed by atoms with Crippen LogP contribution in [0.2, 0.25) is 0 Å². The minimum Gasteiger partial charge on any atom is -0.375 e. The first-order valence-electron chi connectivity index (χ1n) is 7.69. The SMILES string of the molecule is CC(C)N(C)CCCNC1CCOC2(CCC2)C1. The van der Waals surface area contributed by atoms with Crippen LogP contribution < -0.4 is 5.32 Å². The van der Waals surface area contributed by atoms with Gasteiger partial charge in [0.05, 0.1) is 5.60 Å². The van der Waals surface area contributed by atoms with Gasteiger partial charge in [0, 0.05) is 18.7 Å². The first-order valence-corrected chi connectivity index (χ1v) is 7.69. The molecule has 3 heteroatoms. The average Bonchev–Trinajstić information content (AvgIpc) is 2.32. The lowest BCUT2D eigenvalue weighted by Gasteiger charge is -2.47. The Bertz CT molecular complexity index is 251. The predicted molar refractivity (Wildman–Crippen MR) is 75.9 cm³/mol. The maximum atomic E-state index is 5.96. The first kappa shape index (κ1) is 14.3. The summed E-state index contributed by atoms with van der Waals surface area (Å²) in [5.74, 6) is 0. The zero-order chi connectivity index (χ0) is 13.0. The van der Waals surface area contributed by atoms with Crippen molar-refractivity contribution in [1.29, 1.82) is 0 Å². The Hall–Kier alpha value is -0.120. The summed E-state index contributed by atoms with van der Waals surface area (Å²) in [6, 6.07) is 1.36. The minimum absolute atomic E-state index is 0.282. The molecule has 2 fully saturated rings. The number of hydrogen-bond donors (Lipinski definition) is 1. The molecule has 3 nitrogen and oxygen atoms in total. The van der Waals surface area contributed by atoms with Crippen molar-refractivity contribution in [3.8, 4) is 0 Å². The maximum Gasteiger partial charge on any atom is 0.0697 e. The molecule has 2 rings (SSSR count). The molecule has 0 bridgehead atoms. The summed E-state index contributed by atoms with van der Waals surface area (Å²) < 4.78 is 5.96. The van der Waals surface area contributed by atoms with Gasteiger partial charge in [0.1, 0.15) is 0 Å². The fourth-order valence-corrected chi connectivity index (χ4v) is 3.01. The van der Waals surface area contributed by atoms with E-state index >= 15 is 0 Å². The average molecular weight is 254 g/mol. The highest BCUT2D eigenvalue weighted by atomic mass is 16.5. The van der Waals surface area contributed by atoms with E-state index in [9.17, 15) is 0 Å². The van der Waals surface area contributed by atoms with Crippen LogP contribution in [0.4, 0.5) is 0 Å². The van der Waals surface area contributed by atoms with Crippen LogP contribution in [0.3, 0.4) is 0 Å². The second-order valence-electron chi connectivity index (χ2n) is 6.46. The molecule has 0 radical (unpaired) electrons. The fraction of sp³-hybridized carbons (Fsp3) is 1.00. The van der Waals surface area contributed by atoms with E-state index in [1.807, 2.05) is 0 Å². The van der Waals surface area contributed by atoms with E-state index in [1.54, 1.807) is 0 Å². The number of hydrogen-bond acceptors (Lipinski definition) is 3. The zero-order valence-electron chi connectivity index (χ0n) is 12.4. The summed E-state index contributed by atoms with van der Waals surface area (Å²) in [4.78, 5) is 2.42. The minimum atomic E-state index is 0.282. The van der Waals surface area contributed by atoms with E-state index in [2.05, 4.69) is 31.1 Å². The molecule has 0 aromatic heterocycles. The smallest absolute Gasteiger partial charge is 0.0697 e. The van der Waals surface area contributed by atoms with Crippen molar-refractivity contribution in [2.24, 2.45) is 0 Å². The molecule has 1 atom stereocenters. The third-order valence-corrected chi connectivity index (χ3v) is 4.76. The predicted octanol–water partition coefficient (Wildman–Crippen LogP) is 2.41. The summed E-state index contributed by atoms with van der Waals surface area (Å²) in [5, 5.41) is 3.73. The lowest BCUT2D eigenvalue weighted by atomic mass is 9.74. The van der Waals surface area contributed by atoms with Crippen LogP contribution in [0.25, 0.3) is 0 Å². The zero-order valence-corrected chi connectivity index (χ0v) is 12.4. The molecular formula is C15H30N2O. The Morgan fingerprint density at radius 3 is 2.78 bits per heavy atom. The lowest BCUT2D eigenvalue weighted by molar-refractivity contribution is -0.135. The lowest BCUT2D eigenvalue weighted by Crippen LogP contribution is -2.51. The second-order valence-corrected chi connectivity index (χ2v) is 6.46. The molecule has 2 aliphatic rings. The number of nitrogens with zero attached hydrogens (tertiary/aromatic N) is 1. The van der Waals surface area contributed by atoms with Crippen LogP contribution in [0.5, 0.6) is 0 Å².